The number of fused-ring (bicyclic) bond motifs is 2. The number of esters is 1. The second-order valence-electron chi connectivity index (χ2n) is 7.51. The van der Waals surface area contributed by atoms with Gasteiger partial charge in [0.25, 0.3) is 0 Å². The average Bonchev–Trinajstić information content (AvgIpc) is 3.07. The molecule has 0 saturated heterocycles. The Bertz CT molecular complexity index is 759. The zero-order chi connectivity index (χ0) is 16.9. The standard InChI is InChI=1S/C18H21N3O2S/c1-10-12-7-11(18(12,2)3)8-14(10)23-17(22)13-9-24-16(21-13)15-19-5-4-6-20-15/h4-6,9-12,14H,7-8H2,1-3H3/t10-,11-,12-,14+/m1/s1. The van der Waals surface area contributed by atoms with Crippen molar-refractivity contribution >= 4 is 17.3 Å². The van der Waals surface area contributed by atoms with Crippen molar-refractivity contribution in [1.29, 1.82) is 0 Å². The average molecular weight is 343 g/mol. The highest BCUT2D eigenvalue weighted by molar-refractivity contribution is 7.13. The van der Waals surface area contributed by atoms with E-state index in [2.05, 4.69) is 35.7 Å². The molecule has 3 fully saturated rings. The van der Waals surface area contributed by atoms with E-state index < -0.39 is 0 Å². The SMILES string of the molecule is C[C@H]1[C@@H](OC(=O)c2csc(-c3ncccn3)n2)C[C@H]2C[C@H]1C2(C)C. The summed E-state index contributed by atoms with van der Waals surface area (Å²) in [6, 6.07) is 1.75. The molecule has 4 atom stereocenters. The summed E-state index contributed by atoms with van der Waals surface area (Å²) in [6.45, 7) is 6.89. The van der Waals surface area contributed by atoms with Gasteiger partial charge in [-0.05, 0) is 42.1 Å². The summed E-state index contributed by atoms with van der Waals surface area (Å²) in [4.78, 5) is 25.1. The van der Waals surface area contributed by atoms with Crippen molar-refractivity contribution in [2.45, 2.75) is 39.7 Å². The first-order chi connectivity index (χ1) is 11.5. The third kappa shape index (κ3) is 2.44. The van der Waals surface area contributed by atoms with Crippen LogP contribution in [0.1, 0.15) is 44.1 Å². The number of carbonyl (C=O) groups is 1. The van der Waals surface area contributed by atoms with Gasteiger partial charge in [0.2, 0.25) is 0 Å². The Morgan fingerprint density at radius 3 is 2.71 bits per heavy atom. The van der Waals surface area contributed by atoms with Crippen LogP contribution < -0.4 is 0 Å². The lowest BCUT2D eigenvalue weighted by atomic mass is 9.45. The molecule has 3 aliphatic rings. The lowest BCUT2D eigenvalue weighted by Crippen LogP contribution is -2.57. The van der Waals surface area contributed by atoms with Gasteiger partial charge >= 0.3 is 5.97 Å². The van der Waals surface area contributed by atoms with Gasteiger partial charge in [-0.1, -0.05) is 20.8 Å². The van der Waals surface area contributed by atoms with Crippen LogP contribution in [0.5, 0.6) is 0 Å². The molecule has 0 radical (unpaired) electrons. The van der Waals surface area contributed by atoms with Crippen LogP contribution >= 0.6 is 11.3 Å². The first kappa shape index (κ1) is 15.7. The molecule has 24 heavy (non-hydrogen) atoms. The van der Waals surface area contributed by atoms with Gasteiger partial charge in [-0.25, -0.2) is 19.7 Å². The molecule has 0 spiro atoms. The van der Waals surface area contributed by atoms with E-state index in [-0.39, 0.29) is 12.1 Å². The molecule has 0 amide bonds. The number of nitrogens with zero attached hydrogens (tertiary/aromatic N) is 3. The number of rotatable bonds is 3. The van der Waals surface area contributed by atoms with Crippen molar-refractivity contribution < 1.29 is 9.53 Å². The molecule has 5 rings (SSSR count). The van der Waals surface area contributed by atoms with Crippen molar-refractivity contribution in [1.82, 2.24) is 15.0 Å². The summed E-state index contributed by atoms with van der Waals surface area (Å²) in [6.07, 6.45) is 5.58. The Labute approximate surface area is 145 Å². The van der Waals surface area contributed by atoms with Crippen LogP contribution in [-0.2, 0) is 4.74 Å². The van der Waals surface area contributed by atoms with Gasteiger partial charge in [-0.3, -0.25) is 0 Å². The maximum atomic E-state index is 12.5. The minimum Gasteiger partial charge on any atom is -0.457 e. The van der Waals surface area contributed by atoms with E-state index in [4.69, 9.17) is 4.74 Å². The number of aromatic nitrogens is 3. The minimum atomic E-state index is -0.329. The molecule has 2 aromatic rings. The normalized spacial score (nSPS) is 30.5. The van der Waals surface area contributed by atoms with Gasteiger partial charge in [0.15, 0.2) is 16.5 Å². The Morgan fingerprint density at radius 2 is 2.04 bits per heavy atom. The maximum absolute atomic E-state index is 12.5. The lowest BCUT2D eigenvalue weighted by molar-refractivity contribution is -0.156. The van der Waals surface area contributed by atoms with Crippen LogP contribution in [-0.4, -0.2) is 27.0 Å². The lowest BCUT2D eigenvalue weighted by Gasteiger charge is -2.61. The summed E-state index contributed by atoms with van der Waals surface area (Å²) >= 11 is 1.37. The van der Waals surface area contributed by atoms with Crippen molar-refractivity contribution in [3.63, 3.8) is 0 Å². The fourth-order valence-electron chi connectivity index (χ4n) is 4.34. The van der Waals surface area contributed by atoms with Gasteiger partial charge in [0.1, 0.15) is 6.10 Å². The van der Waals surface area contributed by atoms with E-state index >= 15 is 0 Å². The second kappa shape index (κ2) is 5.62. The molecule has 0 unspecified atom stereocenters. The molecule has 5 nitrogen and oxygen atoms in total. The van der Waals surface area contributed by atoms with E-state index in [1.807, 2.05) is 0 Å². The topological polar surface area (TPSA) is 65.0 Å². The highest BCUT2D eigenvalue weighted by Crippen LogP contribution is 2.61. The molecule has 2 aromatic heterocycles. The van der Waals surface area contributed by atoms with Crippen LogP contribution in [0.15, 0.2) is 23.8 Å². The van der Waals surface area contributed by atoms with E-state index in [9.17, 15) is 4.79 Å². The zero-order valence-corrected chi connectivity index (χ0v) is 14.9. The van der Waals surface area contributed by atoms with Gasteiger partial charge in [0.05, 0.1) is 0 Å². The third-order valence-electron chi connectivity index (χ3n) is 6.01. The van der Waals surface area contributed by atoms with E-state index in [1.54, 1.807) is 23.8 Å². The molecule has 0 N–H and O–H groups in total. The third-order valence-corrected chi connectivity index (χ3v) is 6.85. The summed E-state index contributed by atoms with van der Waals surface area (Å²) in [5, 5.41) is 2.37. The van der Waals surface area contributed by atoms with Crippen molar-refractivity contribution in [2.75, 3.05) is 0 Å². The Morgan fingerprint density at radius 1 is 1.29 bits per heavy atom. The van der Waals surface area contributed by atoms with Crippen molar-refractivity contribution in [2.24, 2.45) is 23.2 Å². The van der Waals surface area contributed by atoms with Crippen LogP contribution in [0.2, 0.25) is 0 Å². The predicted octanol–water partition coefficient (Wildman–Crippen LogP) is 3.83. The summed E-state index contributed by atoms with van der Waals surface area (Å²) in [7, 11) is 0. The minimum absolute atomic E-state index is 0.00685. The number of carbonyl (C=O) groups excluding carboxylic acids is 1. The highest BCUT2D eigenvalue weighted by atomic mass is 32.1. The van der Waals surface area contributed by atoms with Crippen LogP contribution in [0.4, 0.5) is 0 Å². The van der Waals surface area contributed by atoms with Crippen molar-refractivity contribution in [3.8, 4) is 10.8 Å². The number of hydrogen-bond acceptors (Lipinski definition) is 6. The Balaban J connectivity index is 1.45. The molecular weight excluding hydrogens is 322 g/mol. The number of thiazole rings is 1. The molecule has 3 aliphatic carbocycles. The zero-order valence-electron chi connectivity index (χ0n) is 14.1. The molecule has 3 saturated carbocycles. The van der Waals surface area contributed by atoms with E-state index in [1.165, 1.54) is 17.8 Å². The smallest absolute Gasteiger partial charge is 0.358 e. The molecule has 6 heteroatoms. The molecule has 126 valence electrons. The van der Waals surface area contributed by atoms with E-state index in [0.29, 0.717) is 39.7 Å². The summed E-state index contributed by atoms with van der Waals surface area (Å²) < 4.78 is 5.80. The largest absolute Gasteiger partial charge is 0.457 e. The van der Waals surface area contributed by atoms with Gasteiger partial charge in [-0.15, -0.1) is 11.3 Å². The van der Waals surface area contributed by atoms with Crippen LogP contribution in [0.3, 0.4) is 0 Å². The summed E-state index contributed by atoms with van der Waals surface area (Å²) in [5.41, 5.74) is 0.744. The maximum Gasteiger partial charge on any atom is 0.358 e. The van der Waals surface area contributed by atoms with Gasteiger partial charge in [-0.2, -0.15) is 0 Å². The van der Waals surface area contributed by atoms with Gasteiger partial charge < -0.3 is 4.74 Å². The van der Waals surface area contributed by atoms with E-state index in [0.717, 1.165) is 6.42 Å². The fraction of sp³-hybridized carbons (Fsp3) is 0.556. The molecule has 0 aromatic carbocycles. The quantitative estimate of drug-likeness (QED) is 0.793. The van der Waals surface area contributed by atoms with Crippen LogP contribution in [0, 0.1) is 23.2 Å². The molecule has 0 aliphatic heterocycles. The monoisotopic (exact) mass is 343 g/mol. The predicted molar refractivity (Wildman–Crippen MR) is 91.5 cm³/mol. The van der Waals surface area contributed by atoms with Gasteiger partial charge in [0, 0.05) is 17.8 Å². The Kier molecular flexibility index (Phi) is 3.67. The van der Waals surface area contributed by atoms with Crippen LogP contribution in [0.25, 0.3) is 10.8 Å². The molecule has 2 heterocycles. The molecule has 2 bridgehead atoms. The highest BCUT2D eigenvalue weighted by Gasteiger charge is 2.57. The second-order valence-corrected chi connectivity index (χ2v) is 8.37. The number of hydrogen-bond donors (Lipinski definition) is 0. The van der Waals surface area contributed by atoms with Crippen molar-refractivity contribution in [3.05, 3.63) is 29.5 Å². The fourth-order valence-corrected chi connectivity index (χ4v) is 5.07. The Hall–Kier alpha value is -1.82. The summed E-state index contributed by atoms with van der Waals surface area (Å²) in [5.74, 6) is 1.93. The first-order valence-corrected chi connectivity index (χ1v) is 9.28. The number of ether oxygens (including phenoxy) is 1. The first-order valence-electron chi connectivity index (χ1n) is 8.40. The molecular formula is C18H21N3O2S.